The summed E-state index contributed by atoms with van der Waals surface area (Å²) in [6.07, 6.45) is 1.83. The van der Waals surface area contributed by atoms with Gasteiger partial charge >= 0.3 is 0 Å². The number of nitrogens with two attached hydrogens (primary N) is 1. The van der Waals surface area contributed by atoms with Gasteiger partial charge in [-0.25, -0.2) is 0 Å². The van der Waals surface area contributed by atoms with E-state index in [-0.39, 0.29) is 0 Å². The molecular weight excluding hydrogens is 222 g/mol. The molecule has 0 spiro atoms. The molecule has 3 nitrogen and oxygen atoms in total. The summed E-state index contributed by atoms with van der Waals surface area (Å²) in [4.78, 5) is 6.66. The van der Waals surface area contributed by atoms with Crippen LogP contribution in [0.4, 0.5) is 11.4 Å². The number of pyridine rings is 1. The number of nitrogen functional groups attached to an aromatic ring is 1. The van der Waals surface area contributed by atoms with Gasteiger partial charge in [-0.05, 0) is 43.7 Å². The van der Waals surface area contributed by atoms with Crippen molar-refractivity contribution in [1.29, 1.82) is 0 Å². The number of nitrogens with zero attached hydrogens (tertiary/aromatic N) is 2. The van der Waals surface area contributed by atoms with Crippen LogP contribution in [0, 0.1) is 6.92 Å². The predicted molar refractivity (Wildman–Crippen MR) is 76.6 cm³/mol. The molecule has 0 amide bonds. The van der Waals surface area contributed by atoms with E-state index in [2.05, 4.69) is 29.8 Å². The second-order valence-electron chi connectivity index (χ2n) is 4.38. The predicted octanol–water partition coefficient (Wildman–Crippen LogP) is 3.00. The van der Waals surface area contributed by atoms with Crippen molar-refractivity contribution in [3.05, 3.63) is 53.9 Å². The number of aromatic nitrogens is 1. The highest BCUT2D eigenvalue weighted by atomic mass is 15.1. The van der Waals surface area contributed by atoms with Crippen molar-refractivity contribution in [3.63, 3.8) is 0 Å². The van der Waals surface area contributed by atoms with Crippen molar-refractivity contribution in [2.24, 2.45) is 0 Å². The van der Waals surface area contributed by atoms with Gasteiger partial charge in [0.1, 0.15) is 0 Å². The van der Waals surface area contributed by atoms with Crippen LogP contribution in [0.2, 0.25) is 0 Å². The molecule has 1 heterocycles. The number of benzene rings is 1. The van der Waals surface area contributed by atoms with E-state index in [0.717, 1.165) is 24.5 Å². The van der Waals surface area contributed by atoms with E-state index in [1.165, 1.54) is 11.3 Å². The van der Waals surface area contributed by atoms with Gasteiger partial charge in [0.2, 0.25) is 0 Å². The quantitative estimate of drug-likeness (QED) is 0.837. The molecule has 2 N–H and O–H groups in total. The molecule has 0 bridgehead atoms. The molecule has 2 aromatic rings. The maximum Gasteiger partial charge on any atom is 0.0602 e. The molecule has 0 aliphatic heterocycles. The van der Waals surface area contributed by atoms with Gasteiger partial charge in [0.25, 0.3) is 0 Å². The minimum Gasteiger partial charge on any atom is -0.399 e. The SMILES string of the molecule is CCN(Cc1ccccn1)c1cc(N)ccc1C. The molecule has 3 heteroatoms. The summed E-state index contributed by atoms with van der Waals surface area (Å²) in [5.41, 5.74) is 10.2. The number of rotatable bonds is 4. The first-order valence-electron chi connectivity index (χ1n) is 6.21. The Hall–Kier alpha value is -2.03. The zero-order chi connectivity index (χ0) is 13.0. The van der Waals surface area contributed by atoms with Crippen LogP contribution in [-0.2, 0) is 6.54 Å². The first-order valence-corrected chi connectivity index (χ1v) is 6.21. The number of anilines is 2. The van der Waals surface area contributed by atoms with Gasteiger partial charge in [-0.15, -0.1) is 0 Å². The molecule has 18 heavy (non-hydrogen) atoms. The Bertz CT molecular complexity index is 508. The Morgan fingerprint density at radius 2 is 2.06 bits per heavy atom. The van der Waals surface area contributed by atoms with E-state index in [1.54, 1.807) is 0 Å². The van der Waals surface area contributed by atoms with Crippen molar-refractivity contribution in [2.45, 2.75) is 20.4 Å². The van der Waals surface area contributed by atoms with Gasteiger partial charge in [0.05, 0.1) is 12.2 Å². The highest BCUT2D eigenvalue weighted by Crippen LogP contribution is 2.24. The molecule has 0 fully saturated rings. The molecule has 0 aliphatic rings. The van der Waals surface area contributed by atoms with E-state index in [4.69, 9.17) is 5.73 Å². The first-order chi connectivity index (χ1) is 8.70. The highest BCUT2D eigenvalue weighted by Gasteiger charge is 2.09. The lowest BCUT2D eigenvalue weighted by Gasteiger charge is -2.25. The highest BCUT2D eigenvalue weighted by molar-refractivity contribution is 5.60. The lowest BCUT2D eigenvalue weighted by Crippen LogP contribution is -2.23. The smallest absolute Gasteiger partial charge is 0.0602 e. The molecule has 0 unspecified atom stereocenters. The molecule has 0 radical (unpaired) electrons. The van der Waals surface area contributed by atoms with Crippen LogP contribution < -0.4 is 10.6 Å². The number of hydrogen-bond acceptors (Lipinski definition) is 3. The fourth-order valence-electron chi connectivity index (χ4n) is 2.02. The maximum absolute atomic E-state index is 5.87. The normalized spacial score (nSPS) is 10.3. The van der Waals surface area contributed by atoms with Crippen LogP contribution in [0.1, 0.15) is 18.2 Å². The van der Waals surface area contributed by atoms with E-state index >= 15 is 0 Å². The van der Waals surface area contributed by atoms with Gasteiger partial charge in [0, 0.05) is 24.1 Å². The van der Waals surface area contributed by atoms with E-state index in [9.17, 15) is 0 Å². The third kappa shape index (κ3) is 2.80. The molecule has 0 saturated carbocycles. The summed E-state index contributed by atoms with van der Waals surface area (Å²) in [7, 11) is 0. The third-order valence-electron chi connectivity index (χ3n) is 3.03. The van der Waals surface area contributed by atoms with Crippen LogP contribution in [-0.4, -0.2) is 11.5 Å². The second kappa shape index (κ2) is 5.54. The summed E-state index contributed by atoms with van der Waals surface area (Å²) in [5, 5.41) is 0. The Balaban J connectivity index is 2.26. The Labute approximate surface area is 108 Å². The largest absolute Gasteiger partial charge is 0.399 e. The molecule has 1 aromatic carbocycles. The molecule has 0 atom stereocenters. The minimum absolute atomic E-state index is 0.801. The molecular formula is C15H19N3. The van der Waals surface area contributed by atoms with Crippen molar-refractivity contribution in [2.75, 3.05) is 17.2 Å². The van der Waals surface area contributed by atoms with Crippen LogP contribution >= 0.6 is 0 Å². The van der Waals surface area contributed by atoms with E-state index in [1.807, 2.05) is 36.5 Å². The Kier molecular flexibility index (Phi) is 3.82. The fraction of sp³-hybridized carbons (Fsp3) is 0.267. The summed E-state index contributed by atoms with van der Waals surface area (Å²) in [5.74, 6) is 0. The molecule has 94 valence electrons. The monoisotopic (exact) mass is 241 g/mol. The first kappa shape index (κ1) is 12.4. The van der Waals surface area contributed by atoms with Crippen molar-refractivity contribution in [3.8, 4) is 0 Å². The number of aryl methyl sites for hydroxylation is 1. The van der Waals surface area contributed by atoms with Crippen LogP contribution in [0.3, 0.4) is 0 Å². The van der Waals surface area contributed by atoms with Gasteiger partial charge in [-0.1, -0.05) is 12.1 Å². The van der Waals surface area contributed by atoms with E-state index in [0.29, 0.717) is 0 Å². The van der Waals surface area contributed by atoms with Crippen LogP contribution in [0.15, 0.2) is 42.6 Å². The maximum atomic E-state index is 5.87. The zero-order valence-corrected chi connectivity index (χ0v) is 10.9. The second-order valence-corrected chi connectivity index (χ2v) is 4.38. The molecule has 2 rings (SSSR count). The average Bonchev–Trinajstić information content (AvgIpc) is 2.40. The Morgan fingerprint density at radius 3 is 2.72 bits per heavy atom. The summed E-state index contributed by atoms with van der Waals surface area (Å²) in [6.45, 7) is 5.99. The Morgan fingerprint density at radius 1 is 1.22 bits per heavy atom. The summed E-state index contributed by atoms with van der Waals surface area (Å²) < 4.78 is 0. The fourth-order valence-corrected chi connectivity index (χ4v) is 2.02. The van der Waals surface area contributed by atoms with Crippen molar-refractivity contribution in [1.82, 2.24) is 4.98 Å². The van der Waals surface area contributed by atoms with Gasteiger partial charge in [0.15, 0.2) is 0 Å². The topological polar surface area (TPSA) is 42.2 Å². The minimum atomic E-state index is 0.801. The zero-order valence-electron chi connectivity index (χ0n) is 10.9. The molecule has 1 aromatic heterocycles. The third-order valence-corrected chi connectivity index (χ3v) is 3.03. The van der Waals surface area contributed by atoms with Gasteiger partial charge in [-0.3, -0.25) is 4.98 Å². The summed E-state index contributed by atoms with van der Waals surface area (Å²) in [6, 6.07) is 12.0. The van der Waals surface area contributed by atoms with Crippen molar-refractivity contribution >= 4 is 11.4 Å². The molecule has 0 saturated heterocycles. The van der Waals surface area contributed by atoms with Crippen LogP contribution in [0.5, 0.6) is 0 Å². The standard InChI is InChI=1S/C15H19N3/c1-3-18(11-14-6-4-5-9-17-14)15-10-13(16)8-7-12(15)2/h4-10H,3,11,16H2,1-2H3. The van der Waals surface area contributed by atoms with E-state index < -0.39 is 0 Å². The lowest BCUT2D eigenvalue weighted by molar-refractivity contribution is 0.806. The average molecular weight is 241 g/mol. The van der Waals surface area contributed by atoms with Crippen LogP contribution in [0.25, 0.3) is 0 Å². The van der Waals surface area contributed by atoms with Crippen molar-refractivity contribution < 1.29 is 0 Å². The molecule has 0 aliphatic carbocycles. The summed E-state index contributed by atoms with van der Waals surface area (Å²) >= 11 is 0. The van der Waals surface area contributed by atoms with Gasteiger partial charge < -0.3 is 10.6 Å². The lowest BCUT2D eigenvalue weighted by atomic mass is 10.1. The number of hydrogen-bond donors (Lipinski definition) is 1. The van der Waals surface area contributed by atoms with Gasteiger partial charge in [-0.2, -0.15) is 0 Å².